The first-order valence-electron chi connectivity index (χ1n) is 8.55. The van der Waals surface area contributed by atoms with E-state index in [2.05, 4.69) is 24.5 Å². The van der Waals surface area contributed by atoms with E-state index in [4.69, 9.17) is 0 Å². The van der Waals surface area contributed by atoms with Crippen molar-refractivity contribution in [3.05, 3.63) is 24.3 Å². The summed E-state index contributed by atoms with van der Waals surface area (Å²) in [5, 5.41) is 5.44. The van der Waals surface area contributed by atoms with Crippen LogP contribution >= 0.6 is 0 Å². The van der Waals surface area contributed by atoms with Crippen molar-refractivity contribution < 1.29 is 13.2 Å². The van der Waals surface area contributed by atoms with Gasteiger partial charge in [0.15, 0.2) is 0 Å². The monoisotopic (exact) mass is 353 g/mol. The lowest BCUT2D eigenvalue weighted by molar-refractivity contribution is 0.251. The van der Waals surface area contributed by atoms with Crippen LogP contribution in [0.2, 0.25) is 0 Å². The molecule has 0 spiro atoms. The number of para-hydroxylation sites is 1. The van der Waals surface area contributed by atoms with Crippen molar-refractivity contribution in [2.75, 3.05) is 25.0 Å². The second-order valence-electron chi connectivity index (χ2n) is 6.52. The standard InChI is InChI=1S/C17H27N3O3S/c1-14(2)10-11-18-17(21)19-15-8-4-5-9-16(15)24(22,23)20-12-6-3-7-13-20/h4-5,8-9,14H,3,6-7,10-13H2,1-2H3,(H2,18,19,21). The van der Waals surface area contributed by atoms with Crippen LogP contribution in [0.25, 0.3) is 0 Å². The summed E-state index contributed by atoms with van der Waals surface area (Å²) < 4.78 is 27.2. The molecule has 6 nitrogen and oxygen atoms in total. The molecule has 1 aromatic carbocycles. The number of carbonyl (C=O) groups excluding carboxylic acids is 1. The van der Waals surface area contributed by atoms with Crippen LogP contribution in [0.15, 0.2) is 29.2 Å². The lowest BCUT2D eigenvalue weighted by Crippen LogP contribution is -2.36. The zero-order valence-corrected chi connectivity index (χ0v) is 15.2. The Labute approximate surface area is 144 Å². The minimum absolute atomic E-state index is 0.158. The quantitative estimate of drug-likeness (QED) is 0.825. The number of anilines is 1. The van der Waals surface area contributed by atoms with Gasteiger partial charge in [-0.2, -0.15) is 4.31 Å². The largest absolute Gasteiger partial charge is 0.338 e. The number of carbonyl (C=O) groups is 1. The minimum Gasteiger partial charge on any atom is -0.338 e. The van der Waals surface area contributed by atoms with Gasteiger partial charge in [-0.1, -0.05) is 32.4 Å². The van der Waals surface area contributed by atoms with Crippen molar-refractivity contribution in [2.45, 2.75) is 44.4 Å². The third-order valence-electron chi connectivity index (χ3n) is 4.08. The van der Waals surface area contributed by atoms with Crippen LogP contribution in [0.1, 0.15) is 39.5 Å². The van der Waals surface area contributed by atoms with Gasteiger partial charge in [-0.05, 0) is 37.3 Å². The number of piperidine rings is 1. The molecule has 24 heavy (non-hydrogen) atoms. The van der Waals surface area contributed by atoms with Crippen LogP contribution < -0.4 is 10.6 Å². The van der Waals surface area contributed by atoms with Crippen LogP contribution in [0.4, 0.5) is 10.5 Å². The molecule has 1 aliphatic rings. The van der Waals surface area contributed by atoms with Crippen LogP contribution in [0.5, 0.6) is 0 Å². The van der Waals surface area contributed by atoms with Gasteiger partial charge in [-0.25, -0.2) is 13.2 Å². The van der Waals surface area contributed by atoms with Crippen LogP contribution in [-0.4, -0.2) is 38.4 Å². The summed E-state index contributed by atoms with van der Waals surface area (Å²) in [5.74, 6) is 0.497. The lowest BCUT2D eigenvalue weighted by Gasteiger charge is -2.26. The zero-order valence-electron chi connectivity index (χ0n) is 14.4. The van der Waals surface area contributed by atoms with Gasteiger partial charge >= 0.3 is 6.03 Å². The second-order valence-corrected chi connectivity index (χ2v) is 8.43. The zero-order chi connectivity index (χ0) is 17.6. The number of urea groups is 1. The molecular weight excluding hydrogens is 326 g/mol. The summed E-state index contributed by atoms with van der Waals surface area (Å²) in [6.07, 6.45) is 3.69. The number of hydrogen-bond acceptors (Lipinski definition) is 3. The molecule has 0 unspecified atom stereocenters. The Kier molecular flexibility index (Phi) is 6.62. The Balaban J connectivity index is 2.10. The topological polar surface area (TPSA) is 78.5 Å². The van der Waals surface area contributed by atoms with Gasteiger partial charge in [0, 0.05) is 19.6 Å². The highest BCUT2D eigenvalue weighted by Crippen LogP contribution is 2.26. The highest BCUT2D eigenvalue weighted by atomic mass is 32.2. The fraction of sp³-hybridized carbons (Fsp3) is 0.588. The van der Waals surface area contributed by atoms with Crippen LogP contribution in [-0.2, 0) is 10.0 Å². The summed E-state index contributed by atoms with van der Waals surface area (Å²) in [6, 6.07) is 6.20. The molecule has 0 radical (unpaired) electrons. The molecule has 2 amide bonds. The molecule has 7 heteroatoms. The summed E-state index contributed by atoms with van der Waals surface area (Å²) in [5.41, 5.74) is 0.324. The minimum atomic E-state index is -3.58. The molecule has 2 N–H and O–H groups in total. The maximum absolute atomic E-state index is 12.8. The molecule has 0 atom stereocenters. The Hall–Kier alpha value is -1.60. The predicted molar refractivity (Wildman–Crippen MR) is 95.5 cm³/mol. The van der Waals surface area contributed by atoms with E-state index in [1.54, 1.807) is 24.3 Å². The van der Waals surface area contributed by atoms with Crippen molar-refractivity contribution in [1.82, 2.24) is 9.62 Å². The predicted octanol–water partition coefficient (Wildman–Crippen LogP) is 3.03. The van der Waals surface area contributed by atoms with Gasteiger partial charge in [0.05, 0.1) is 5.69 Å². The SMILES string of the molecule is CC(C)CCNC(=O)Nc1ccccc1S(=O)(=O)N1CCCCC1. The summed E-state index contributed by atoms with van der Waals surface area (Å²) >= 11 is 0. The normalized spacial score (nSPS) is 16.1. The number of amides is 2. The Bertz CT molecular complexity index is 653. The van der Waals surface area contributed by atoms with Gasteiger partial charge in [-0.3, -0.25) is 0 Å². The van der Waals surface area contributed by atoms with Gasteiger partial charge in [-0.15, -0.1) is 0 Å². The highest BCUT2D eigenvalue weighted by molar-refractivity contribution is 7.89. The number of hydrogen-bond donors (Lipinski definition) is 2. The third-order valence-corrected chi connectivity index (χ3v) is 6.03. The Morgan fingerprint density at radius 3 is 2.50 bits per heavy atom. The van der Waals surface area contributed by atoms with E-state index in [9.17, 15) is 13.2 Å². The van der Waals surface area contributed by atoms with Gasteiger partial charge in [0.25, 0.3) is 0 Å². The summed E-state index contributed by atoms with van der Waals surface area (Å²) in [4.78, 5) is 12.2. The molecular formula is C17H27N3O3S. The molecule has 0 bridgehead atoms. The Morgan fingerprint density at radius 1 is 1.17 bits per heavy atom. The first-order valence-corrected chi connectivity index (χ1v) is 9.99. The van der Waals surface area contributed by atoms with Crippen LogP contribution in [0.3, 0.4) is 0 Å². The number of nitrogens with one attached hydrogen (secondary N) is 2. The van der Waals surface area contributed by atoms with E-state index in [0.717, 1.165) is 25.7 Å². The Morgan fingerprint density at radius 2 is 1.83 bits per heavy atom. The second kappa shape index (κ2) is 8.48. The first-order chi connectivity index (χ1) is 11.4. The third kappa shape index (κ3) is 4.95. The lowest BCUT2D eigenvalue weighted by atomic mass is 10.1. The summed E-state index contributed by atoms with van der Waals surface area (Å²) in [7, 11) is -3.58. The summed E-state index contributed by atoms with van der Waals surface area (Å²) in [6.45, 7) is 5.80. The number of rotatable bonds is 6. The van der Waals surface area contributed by atoms with Crippen molar-refractivity contribution in [3.63, 3.8) is 0 Å². The van der Waals surface area contributed by atoms with Gasteiger partial charge in [0.1, 0.15) is 4.90 Å². The van der Waals surface area contributed by atoms with E-state index in [-0.39, 0.29) is 10.9 Å². The number of benzene rings is 1. The number of sulfonamides is 1. The maximum Gasteiger partial charge on any atom is 0.319 e. The van der Waals surface area contributed by atoms with E-state index in [1.807, 2.05) is 0 Å². The molecule has 1 aliphatic heterocycles. The smallest absolute Gasteiger partial charge is 0.319 e. The molecule has 1 saturated heterocycles. The molecule has 1 heterocycles. The highest BCUT2D eigenvalue weighted by Gasteiger charge is 2.28. The average Bonchev–Trinajstić information content (AvgIpc) is 2.55. The van der Waals surface area contributed by atoms with Crippen LogP contribution in [0, 0.1) is 5.92 Å². The van der Waals surface area contributed by atoms with Gasteiger partial charge in [0.2, 0.25) is 10.0 Å². The number of nitrogens with zero attached hydrogens (tertiary/aromatic N) is 1. The molecule has 1 fully saturated rings. The molecule has 134 valence electrons. The van der Waals surface area contributed by atoms with Crippen molar-refractivity contribution >= 4 is 21.7 Å². The van der Waals surface area contributed by atoms with E-state index in [1.165, 1.54) is 4.31 Å². The maximum atomic E-state index is 12.8. The average molecular weight is 353 g/mol. The molecule has 1 aromatic rings. The molecule has 2 rings (SSSR count). The van der Waals surface area contributed by atoms with E-state index >= 15 is 0 Å². The molecule has 0 saturated carbocycles. The van der Waals surface area contributed by atoms with E-state index < -0.39 is 10.0 Å². The van der Waals surface area contributed by atoms with Crippen molar-refractivity contribution in [2.24, 2.45) is 5.92 Å². The fourth-order valence-electron chi connectivity index (χ4n) is 2.68. The van der Waals surface area contributed by atoms with Crippen molar-refractivity contribution in [1.29, 1.82) is 0 Å². The van der Waals surface area contributed by atoms with Crippen molar-refractivity contribution in [3.8, 4) is 0 Å². The van der Waals surface area contributed by atoms with Gasteiger partial charge < -0.3 is 10.6 Å². The fourth-order valence-corrected chi connectivity index (χ4v) is 4.34. The first kappa shape index (κ1) is 18.7. The molecule has 0 aromatic heterocycles. The molecule has 0 aliphatic carbocycles. The van der Waals surface area contributed by atoms with E-state index in [0.29, 0.717) is 31.2 Å².